The number of nitrogens with one attached hydrogen (secondary N) is 2. The number of aliphatic hydroxyl groups excluding tert-OH is 1. The van der Waals surface area contributed by atoms with Gasteiger partial charge in [-0.05, 0) is 35.6 Å². The fourth-order valence-electron chi connectivity index (χ4n) is 3.40. The van der Waals surface area contributed by atoms with Gasteiger partial charge in [0, 0.05) is 5.41 Å². The third kappa shape index (κ3) is 4.00. The fourth-order valence-corrected chi connectivity index (χ4v) is 3.40. The van der Waals surface area contributed by atoms with Crippen molar-refractivity contribution in [3.8, 4) is 11.1 Å². The summed E-state index contributed by atoms with van der Waals surface area (Å²) in [7, 11) is 0. The first-order valence-electron chi connectivity index (χ1n) is 9.34. The molecule has 29 heavy (non-hydrogen) atoms. The van der Waals surface area contributed by atoms with Crippen molar-refractivity contribution in [1.29, 1.82) is 0 Å². The fraction of sp³-hybridized carbons (Fsp3) is 0.318. The lowest BCUT2D eigenvalue weighted by atomic mass is 9.84. The third-order valence-electron chi connectivity index (χ3n) is 5.42. The molecule has 0 radical (unpaired) electrons. The zero-order chi connectivity index (χ0) is 21.4. The average molecular weight is 395 g/mol. The first-order chi connectivity index (χ1) is 13.5. The molecule has 1 aliphatic heterocycles. The molecule has 0 saturated carbocycles. The Balaban J connectivity index is 1.82. The van der Waals surface area contributed by atoms with E-state index in [1.165, 1.54) is 6.92 Å². The summed E-state index contributed by atoms with van der Waals surface area (Å²) in [6, 6.07) is 14.3. The minimum Gasteiger partial charge on any atom is -0.385 e. The van der Waals surface area contributed by atoms with E-state index >= 15 is 0 Å². The van der Waals surface area contributed by atoms with Gasteiger partial charge >= 0.3 is 6.03 Å². The average Bonchev–Trinajstić information content (AvgIpc) is 2.93. The number of imide groups is 1. The number of hydrogen-bond donors (Lipinski definition) is 4. The van der Waals surface area contributed by atoms with Gasteiger partial charge in [-0.3, -0.25) is 14.9 Å². The van der Waals surface area contributed by atoms with E-state index in [2.05, 4.69) is 10.6 Å². The zero-order valence-corrected chi connectivity index (χ0v) is 16.7. The summed E-state index contributed by atoms with van der Waals surface area (Å²) in [5.41, 5.74) is 6.80. The van der Waals surface area contributed by atoms with Gasteiger partial charge in [0.2, 0.25) is 5.91 Å². The molecule has 0 spiro atoms. The summed E-state index contributed by atoms with van der Waals surface area (Å²) in [5.74, 6) is -0.915. The predicted molar refractivity (Wildman–Crippen MR) is 109 cm³/mol. The Hall–Kier alpha value is -3.19. The minimum atomic E-state index is -1.42. The lowest BCUT2D eigenvalue weighted by Gasteiger charge is -2.27. The van der Waals surface area contributed by atoms with E-state index in [9.17, 15) is 19.5 Å². The van der Waals surface area contributed by atoms with Crippen LogP contribution in [0.5, 0.6) is 0 Å². The molecule has 1 heterocycles. The van der Waals surface area contributed by atoms with Crippen LogP contribution in [0.4, 0.5) is 4.79 Å². The summed E-state index contributed by atoms with van der Waals surface area (Å²) in [6.07, 6.45) is -0.661. The lowest BCUT2D eigenvalue weighted by molar-refractivity contribution is -0.127. The van der Waals surface area contributed by atoms with Gasteiger partial charge in [-0.15, -0.1) is 0 Å². The molecule has 1 fully saturated rings. The minimum absolute atomic E-state index is 0.349. The molecule has 2 aromatic rings. The second-order valence-electron chi connectivity index (χ2n) is 8.26. The van der Waals surface area contributed by atoms with Crippen LogP contribution in [0, 0.1) is 5.41 Å². The van der Waals surface area contributed by atoms with Crippen LogP contribution in [0.3, 0.4) is 0 Å². The molecule has 4 amide bonds. The number of carbonyl (C=O) groups is 3. The first kappa shape index (κ1) is 20.5. The molecule has 0 bridgehead atoms. The molecule has 0 aliphatic carbocycles. The highest BCUT2D eigenvalue weighted by molar-refractivity contribution is 6.07. The predicted octanol–water partition coefficient (Wildman–Crippen LogP) is 2.04. The van der Waals surface area contributed by atoms with E-state index in [-0.39, 0.29) is 5.91 Å². The third-order valence-corrected chi connectivity index (χ3v) is 5.42. The summed E-state index contributed by atoms with van der Waals surface area (Å²) >= 11 is 0. The molecule has 7 nitrogen and oxygen atoms in total. The molecular weight excluding hydrogens is 370 g/mol. The quantitative estimate of drug-likeness (QED) is 0.559. The van der Waals surface area contributed by atoms with E-state index in [0.29, 0.717) is 12.0 Å². The van der Waals surface area contributed by atoms with E-state index < -0.39 is 29.0 Å². The Kier molecular flexibility index (Phi) is 5.19. The lowest BCUT2D eigenvalue weighted by Crippen LogP contribution is -2.49. The number of rotatable bonds is 6. The molecule has 7 heteroatoms. The normalized spacial score (nSPS) is 20.1. The van der Waals surface area contributed by atoms with Crippen LogP contribution in [0.15, 0.2) is 48.5 Å². The number of amides is 4. The van der Waals surface area contributed by atoms with Gasteiger partial charge in [0.05, 0.1) is 0 Å². The highest BCUT2D eigenvalue weighted by atomic mass is 16.3. The largest absolute Gasteiger partial charge is 0.385 e. The van der Waals surface area contributed by atoms with Crippen molar-refractivity contribution in [1.82, 2.24) is 10.6 Å². The molecule has 1 saturated heterocycles. The second-order valence-corrected chi connectivity index (χ2v) is 8.26. The topological polar surface area (TPSA) is 122 Å². The van der Waals surface area contributed by atoms with E-state index in [1.807, 2.05) is 50.2 Å². The Morgan fingerprint density at radius 3 is 2.34 bits per heavy atom. The molecule has 2 aromatic carbocycles. The van der Waals surface area contributed by atoms with E-state index in [4.69, 9.17) is 5.73 Å². The molecule has 3 rings (SSSR count). The van der Waals surface area contributed by atoms with E-state index in [1.54, 1.807) is 12.1 Å². The number of hydrogen-bond acceptors (Lipinski definition) is 4. The molecule has 1 aliphatic rings. The van der Waals surface area contributed by atoms with Gasteiger partial charge in [-0.25, -0.2) is 4.79 Å². The molecule has 2 unspecified atom stereocenters. The maximum Gasteiger partial charge on any atom is 0.322 e. The number of nitrogens with two attached hydrogens (primary N) is 1. The van der Waals surface area contributed by atoms with Gasteiger partial charge in [0.1, 0.15) is 11.6 Å². The van der Waals surface area contributed by atoms with Crippen LogP contribution >= 0.6 is 0 Å². The highest BCUT2D eigenvalue weighted by Crippen LogP contribution is 2.31. The SMILES string of the molecule is CC(C)(Cc1cccc(-c2ccc(C(O)C3(C)NC(=O)NC3=O)cc2)c1)C(N)=O. The Bertz CT molecular complexity index is 968. The van der Waals surface area contributed by atoms with Crippen LogP contribution in [0.2, 0.25) is 0 Å². The van der Waals surface area contributed by atoms with Gasteiger partial charge in [0.15, 0.2) is 0 Å². The van der Waals surface area contributed by atoms with Crippen molar-refractivity contribution in [2.45, 2.75) is 38.8 Å². The molecule has 0 aromatic heterocycles. The first-order valence-corrected chi connectivity index (χ1v) is 9.34. The van der Waals surface area contributed by atoms with Crippen molar-refractivity contribution < 1.29 is 19.5 Å². The number of urea groups is 1. The van der Waals surface area contributed by atoms with Crippen LogP contribution in [-0.4, -0.2) is 28.5 Å². The maximum absolute atomic E-state index is 12.0. The van der Waals surface area contributed by atoms with Gasteiger partial charge in [-0.1, -0.05) is 62.4 Å². The summed E-state index contributed by atoms with van der Waals surface area (Å²) in [5, 5.41) is 15.3. The Morgan fingerprint density at radius 2 is 1.79 bits per heavy atom. The number of primary amides is 1. The van der Waals surface area contributed by atoms with Gasteiger partial charge in [0.25, 0.3) is 5.91 Å². The molecule has 152 valence electrons. The van der Waals surface area contributed by atoms with E-state index in [0.717, 1.165) is 16.7 Å². The van der Waals surface area contributed by atoms with Crippen LogP contribution in [-0.2, 0) is 16.0 Å². The standard InChI is InChI=1S/C22H25N3O4/c1-21(2,18(23)27)12-13-5-4-6-16(11-13)14-7-9-15(10-8-14)17(26)22(3)19(28)24-20(29)25-22/h4-11,17,26H,12H2,1-3H3,(H2,23,27)(H2,24,25,28,29). The van der Waals surface area contributed by atoms with Crippen molar-refractivity contribution >= 4 is 17.8 Å². The summed E-state index contributed by atoms with van der Waals surface area (Å²) in [6.45, 7) is 5.11. The Labute approximate surface area is 169 Å². The monoisotopic (exact) mass is 395 g/mol. The van der Waals surface area contributed by atoms with Crippen LogP contribution in [0.25, 0.3) is 11.1 Å². The number of benzene rings is 2. The van der Waals surface area contributed by atoms with Crippen LogP contribution < -0.4 is 16.4 Å². The van der Waals surface area contributed by atoms with Crippen molar-refractivity contribution in [2.24, 2.45) is 11.1 Å². The van der Waals surface area contributed by atoms with Crippen LogP contribution in [0.1, 0.15) is 38.0 Å². The highest BCUT2D eigenvalue weighted by Gasteiger charge is 2.48. The smallest absolute Gasteiger partial charge is 0.322 e. The molecular formula is C22H25N3O4. The maximum atomic E-state index is 12.0. The van der Waals surface area contributed by atoms with Gasteiger partial charge < -0.3 is 16.2 Å². The molecule has 5 N–H and O–H groups in total. The Morgan fingerprint density at radius 1 is 1.14 bits per heavy atom. The van der Waals surface area contributed by atoms with Crippen molar-refractivity contribution in [3.05, 3.63) is 59.7 Å². The summed E-state index contributed by atoms with van der Waals surface area (Å²) in [4.78, 5) is 35.1. The number of carbonyl (C=O) groups excluding carboxylic acids is 3. The zero-order valence-electron chi connectivity index (χ0n) is 16.7. The summed E-state index contributed by atoms with van der Waals surface area (Å²) < 4.78 is 0. The molecule has 2 atom stereocenters. The van der Waals surface area contributed by atoms with Crippen molar-refractivity contribution in [2.75, 3.05) is 0 Å². The second kappa shape index (κ2) is 7.33. The van der Waals surface area contributed by atoms with Crippen molar-refractivity contribution in [3.63, 3.8) is 0 Å². The number of aliphatic hydroxyl groups is 1. The van der Waals surface area contributed by atoms with Gasteiger partial charge in [-0.2, -0.15) is 0 Å².